The molecule has 0 saturated carbocycles. The van der Waals surface area contributed by atoms with Crippen LogP contribution in [0.25, 0.3) is 0 Å². The number of aliphatic carboxylic acids is 1. The van der Waals surface area contributed by atoms with E-state index >= 15 is 0 Å². The minimum atomic E-state index is -1.02. The van der Waals surface area contributed by atoms with Crippen LogP contribution in [0.15, 0.2) is 24.3 Å². The largest absolute Gasteiger partial charge is 0.480 e. The molecule has 0 bridgehead atoms. The van der Waals surface area contributed by atoms with Crippen molar-refractivity contribution in [3.63, 3.8) is 0 Å². The minimum absolute atomic E-state index is 0.359. The molecule has 4 nitrogen and oxygen atoms in total. The lowest BCUT2D eigenvalue weighted by Gasteiger charge is -2.27. The Bertz CT molecular complexity index is 483. The summed E-state index contributed by atoms with van der Waals surface area (Å²) < 4.78 is 0. The van der Waals surface area contributed by atoms with Gasteiger partial charge < -0.3 is 10.4 Å². The molecular formula is C16H23NO3. The second-order valence-electron chi connectivity index (χ2n) is 6.39. The summed E-state index contributed by atoms with van der Waals surface area (Å²) >= 11 is 0. The van der Waals surface area contributed by atoms with Gasteiger partial charge in [-0.25, -0.2) is 4.79 Å². The number of amides is 1. The molecule has 1 aromatic carbocycles. The van der Waals surface area contributed by atoms with Crippen molar-refractivity contribution in [2.45, 2.75) is 46.6 Å². The zero-order chi connectivity index (χ0) is 15.5. The summed E-state index contributed by atoms with van der Waals surface area (Å²) in [4.78, 5) is 23.4. The third-order valence-electron chi connectivity index (χ3n) is 3.23. The number of carbonyl (C=O) groups excluding carboxylic acids is 1. The summed E-state index contributed by atoms with van der Waals surface area (Å²) in [6.45, 7) is 9.51. The number of hydrogen-bond acceptors (Lipinski definition) is 2. The smallest absolute Gasteiger partial charge is 0.326 e. The van der Waals surface area contributed by atoms with E-state index in [1.165, 1.54) is 0 Å². The number of rotatable bonds is 4. The molecule has 0 fully saturated rings. The van der Waals surface area contributed by atoms with Crippen molar-refractivity contribution in [3.05, 3.63) is 35.4 Å². The molecule has 4 heteroatoms. The van der Waals surface area contributed by atoms with Gasteiger partial charge in [-0.05, 0) is 29.0 Å². The molecular weight excluding hydrogens is 254 g/mol. The van der Waals surface area contributed by atoms with Gasteiger partial charge in [-0.1, -0.05) is 46.8 Å². The van der Waals surface area contributed by atoms with Crippen molar-refractivity contribution < 1.29 is 14.7 Å². The van der Waals surface area contributed by atoms with E-state index in [-0.39, 0.29) is 5.91 Å². The molecule has 2 N–H and O–H groups in total. The topological polar surface area (TPSA) is 66.4 Å². The Hall–Kier alpha value is -1.84. The van der Waals surface area contributed by atoms with Gasteiger partial charge >= 0.3 is 5.97 Å². The van der Waals surface area contributed by atoms with E-state index in [1.807, 2.05) is 12.1 Å². The van der Waals surface area contributed by atoms with E-state index in [2.05, 4.69) is 19.2 Å². The quantitative estimate of drug-likeness (QED) is 0.889. The monoisotopic (exact) mass is 277 g/mol. The first-order valence-electron chi connectivity index (χ1n) is 6.76. The van der Waals surface area contributed by atoms with Gasteiger partial charge in [0.25, 0.3) is 5.91 Å². The summed E-state index contributed by atoms with van der Waals surface area (Å²) in [6.07, 6.45) is 0. The number of hydrogen-bond donors (Lipinski definition) is 2. The molecule has 1 amide bonds. The third kappa shape index (κ3) is 4.08. The molecule has 1 atom stereocenters. The van der Waals surface area contributed by atoms with Crippen molar-refractivity contribution in [2.24, 2.45) is 5.41 Å². The average Bonchev–Trinajstić information content (AvgIpc) is 2.33. The number of carbonyl (C=O) groups is 2. The summed E-state index contributed by atoms with van der Waals surface area (Å²) in [5, 5.41) is 11.8. The lowest BCUT2D eigenvalue weighted by Crippen LogP contribution is -2.49. The van der Waals surface area contributed by atoms with Gasteiger partial charge in [0.2, 0.25) is 0 Å². The van der Waals surface area contributed by atoms with E-state index in [0.717, 1.165) is 5.56 Å². The predicted molar refractivity (Wildman–Crippen MR) is 78.9 cm³/mol. The zero-order valence-corrected chi connectivity index (χ0v) is 12.7. The SMILES string of the molecule is CC(C)c1ccc(C(=O)NC(C(=O)O)C(C)(C)C)cc1. The summed E-state index contributed by atoms with van der Waals surface area (Å²) in [7, 11) is 0. The Morgan fingerprint density at radius 3 is 1.95 bits per heavy atom. The van der Waals surface area contributed by atoms with Gasteiger partial charge in [-0.2, -0.15) is 0 Å². The minimum Gasteiger partial charge on any atom is -0.480 e. The predicted octanol–water partition coefficient (Wildman–Crippen LogP) is 3.04. The highest BCUT2D eigenvalue weighted by molar-refractivity contribution is 5.96. The number of carboxylic acids is 1. The molecule has 0 radical (unpaired) electrons. The fraction of sp³-hybridized carbons (Fsp3) is 0.500. The van der Waals surface area contributed by atoms with E-state index in [1.54, 1.807) is 32.9 Å². The van der Waals surface area contributed by atoms with Gasteiger partial charge in [-0.3, -0.25) is 4.79 Å². The Morgan fingerprint density at radius 1 is 1.10 bits per heavy atom. The van der Waals surface area contributed by atoms with Crippen LogP contribution >= 0.6 is 0 Å². The lowest BCUT2D eigenvalue weighted by molar-refractivity contribution is -0.142. The van der Waals surface area contributed by atoms with E-state index in [0.29, 0.717) is 11.5 Å². The van der Waals surface area contributed by atoms with E-state index in [9.17, 15) is 14.7 Å². The Balaban J connectivity index is 2.87. The highest BCUT2D eigenvalue weighted by atomic mass is 16.4. The molecule has 0 spiro atoms. The Kier molecular flexibility index (Phi) is 4.93. The fourth-order valence-electron chi connectivity index (χ4n) is 1.88. The maximum atomic E-state index is 12.1. The first-order valence-corrected chi connectivity index (χ1v) is 6.76. The van der Waals surface area contributed by atoms with Crippen molar-refractivity contribution in [1.82, 2.24) is 5.32 Å². The van der Waals surface area contributed by atoms with Crippen molar-refractivity contribution in [2.75, 3.05) is 0 Å². The number of benzene rings is 1. The Labute approximate surface area is 120 Å². The highest BCUT2D eigenvalue weighted by Crippen LogP contribution is 2.20. The average molecular weight is 277 g/mol. The van der Waals surface area contributed by atoms with Crippen LogP contribution in [0.4, 0.5) is 0 Å². The highest BCUT2D eigenvalue weighted by Gasteiger charge is 2.32. The second kappa shape index (κ2) is 6.07. The molecule has 20 heavy (non-hydrogen) atoms. The molecule has 0 aliphatic rings. The van der Waals surface area contributed by atoms with Crippen molar-refractivity contribution in [3.8, 4) is 0 Å². The Morgan fingerprint density at radius 2 is 1.60 bits per heavy atom. The molecule has 0 aromatic heterocycles. The molecule has 1 unspecified atom stereocenters. The molecule has 110 valence electrons. The van der Waals surface area contributed by atoms with E-state index in [4.69, 9.17) is 0 Å². The van der Waals surface area contributed by atoms with Crippen LogP contribution in [-0.4, -0.2) is 23.0 Å². The van der Waals surface area contributed by atoms with Gasteiger partial charge in [0.1, 0.15) is 6.04 Å². The summed E-state index contributed by atoms with van der Waals surface area (Å²) in [5.41, 5.74) is 1.08. The second-order valence-corrected chi connectivity index (χ2v) is 6.39. The normalized spacial score (nSPS) is 13.1. The lowest BCUT2D eigenvalue weighted by atomic mass is 9.86. The van der Waals surface area contributed by atoms with Crippen molar-refractivity contribution in [1.29, 1.82) is 0 Å². The fourth-order valence-corrected chi connectivity index (χ4v) is 1.88. The molecule has 0 heterocycles. The molecule has 0 aliphatic heterocycles. The van der Waals surface area contributed by atoms with Crippen LogP contribution in [0, 0.1) is 5.41 Å². The summed E-state index contributed by atoms with van der Waals surface area (Å²) in [5.74, 6) is -0.985. The summed E-state index contributed by atoms with van der Waals surface area (Å²) in [6, 6.07) is 6.33. The first kappa shape index (κ1) is 16.2. The van der Waals surface area contributed by atoms with Crippen molar-refractivity contribution >= 4 is 11.9 Å². The third-order valence-corrected chi connectivity index (χ3v) is 3.23. The van der Waals surface area contributed by atoms with Gasteiger partial charge in [0.05, 0.1) is 0 Å². The maximum absolute atomic E-state index is 12.1. The van der Waals surface area contributed by atoms with Crippen LogP contribution < -0.4 is 5.32 Å². The van der Waals surface area contributed by atoms with Crippen LogP contribution in [0.3, 0.4) is 0 Å². The zero-order valence-electron chi connectivity index (χ0n) is 12.7. The van der Waals surface area contributed by atoms with Gasteiger partial charge in [0, 0.05) is 5.56 Å². The molecule has 1 rings (SSSR count). The molecule has 1 aromatic rings. The van der Waals surface area contributed by atoms with Gasteiger partial charge in [0.15, 0.2) is 0 Å². The number of carboxylic acid groups (broad SMARTS) is 1. The number of nitrogens with one attached hydrogen (secondary N) is 1. The first-order chi connectivity index (χ1) is 9.12. The molecule has 0 aliphatic carbocycles. The van der Waals surface area contributed by atoms with Crippen LogP contribution in [-0.2, 0) is 4.79 Å². The molecule has 0 saturated heterocycles. The van der Waals surface area contributed by atoms with Crippen LogP contribution in [0.1, 0.15) is 56.5 Å². The van der Waals surface area contributed by atoms with Crippen LogP contribution in [0.5, 0.6) is 0 Å². The standard InChI is InChI=1S/C16H23NO3/c1-10(2)11-6-8-12(9-7-11)14(18)17-13(15(19)20)16(3,4)5/h6-10,13H,1-5H3,(H,17,18)(H,19,20). The van der Waals surface area contributed by atoms with Gasteiger partial charge in [-0.15, -0.1) is 0 Å². The van der Waals surface area contributed by atoms with Crippen LogP contribution in [0.2, 0.25) is 0 Å². The van der Waals surface area contributed by atoms with E-state index < -0.39 is 17.4 Å². The maximum Gasteiger partial charge on any atom is 0.326 e.